The summed E-state index contributed by atoms with van der Waals surface area (Å²) in [6.07, 6.45) is 0. The zero-order valence-electron chi connectivity index (χ0n) is 9.24. The molecule has 0 radical (unpaired) electrons. The first-order valence-electron chi connectivity index (χ1n) is 5.12. The van der Waals surface area contributed by atoms with Crippen LogP contribution in [0.5, 0.6) is 0 Å². The second-order valence-corrected chi connectivity index (χ2v) is 4.95. The molecule has 0 aliphatic carbocycles. The van der Waals surface area contributed by atoms with Gasteiger partial charge in [0, 0.05) is 4.47 Å². The molecule has 0 heterocycles. The molecule has 0 saturated heterocycles. The summed E-state index contributed by atoms with van der Waals surface area (Å²) < 4.78 is 0.870. The summed E-state index contributed by atoms with van der Waals surface area (Å²) in [7, 11) is 0. The van der Waals surface area contributed by atoms with Gasteiger partial charge in [-0.3, -0.25) is 0 Å². The summed E-state index contributed by atoms with van der Waals surface area (Å²) in [4.78, 5) is 0. The van der Waals surface area contributed by atoms with E-state index in [4.69, 9.17) is 22.6 Å². The quantitative estimate of drug-likeness (QED) is 0.810. The molecule has 0 amide bonds. The van der Waals surface area contributed by atoms with E-state index in [-0.39, 0.29) is 0 Å². The fourth-order valence-electron chi connectivity index (χ4n) is 1.52. The molecular weight excluding hydrogens is 314 g/mol. The van der Waals surface area contributed by atoms with Crippen molar-refractivity contribution < 1.29 is 0 Å². The monoisotopic (exact) mass is 321 g/mol. The van der Waals surface area contributed by atoms with Gasteiger partial charge in [-0.1, -0.05) is 33.6 Å². The van der Waals surface area contributed by atoms with E-state index in [0.29, 0.717) is 27.6 Å². The van der Waals surface area contributed by atoms with Crippen molar-refractivity contribution in [2.24, 2.45) is 0 Å². The van der Waals surface area contributed by atoms with Gasteiger partial charge in [0.15, 0.2) is 0 Å². The predicted octanol–water partition coefficient (Wildman–Crippen LogP) is 4.30. The highest BCUT2D eigenvalue weighted by molar-refractivity contribution is 9.10. The predicted molar refractivity (Wildman–Crippen MR) is 78.0 cm³/mol. The fraction of sp³-hybridized carbons (Fsp3) is 0. The number of nitrogens with zero attached hydrogens (tertiary/aromatic N) is 1. The number of nitrogen functional groups attached to an aromatic ring is 1. The molecule has 90 valence electrons. The van der Waals surface area contributed by atoms with Crippen molar-refractivity contribution in [1.82, 2.24) is 0 Å². The van der Waals surface area contributed by atoms with Crippen molar-refractivity contribution in [2.45, 2.75) is 0 Å². The Morgan fingerprint density at radius 2 is 2.06 bits per heavy atom. The van der Waals surface area contributed by atoms with E-state index in [1.165, 1.54) is 0 Å². The van der Waals surface area contributed by atoms with Crippen LogP contribution in [-0.2, 0) is 0 Å². The molecule has 18 heavy (non-hydrogen) atoms. The van der Waals surface area contributed by atoms with Crippen LogP contribution >= 0.6 is 27.5 Å². The molecule has 0 atom stereocenters. The Hall–Kier alpha value is -1.70. The second kappa shape index (κ2) is 5.30. The highest BCUT2D eigenvalue weighted by Gasteiger charge is 2.08. The number of rotatable bonds is 2. The van der Waals surface area contributed by atoms with Crippen molar-refractivity contribution in [3.8, 4) is 6.07 Å². The first kappa shape index (κ1) is 12.7. The van der Waals surface area contributed by atoms with Crippen LogP contribution in [0, 0.1) is 11.3 Å². The molecule has 0 spiro atoms. The maximum atomic E-state index is 9.06. The molecule has 0 aliphatic rings. The van der Waals surface area contributed by atoms with Crippen molar-refractivity contribution in [3.63, 3.8) is 0 Å². The Bertz CT molecular complexity index is 614. The van der Waals surface area contributed by atoms with Crippen LogP contribution in [0.1, 0.15) is 5.56 Å². The Balaban J connectivity index is 2.46. The zero-order valence-corrected chi connectivity index (χ0v) is 11.6. The van der Waals surface area contributed by atoms with Gasteiger partial charge in [0.1, 0.15) is 6.07 Å². The molecule has 3 nitrogen and oxygen atoms in total. The standard InChI is InChI=1S/C13H9BrClN3/c14-9-5-4-8(7-16)12(6-9)18-13-10(15)2-1-3-11(13)17/h1-6,18H,17H2. The third kappa shape index (κ3) is 2.58. The van der Waals surface area contributed by atoms with Crippen LogP contribution in [-0.4, -0.2) is 0 Å². The second-order valence-electron chi connectivity index (χ2n) is 3.63. The van der Waals surface area contributed by atoms with Crippen LogP contribution in [0.3, 0.4) is 0 Å². The van der Waals surface area contributed by atoms with Gasteiger partial charge in [-0.2, -0.15) is 5.26 Å². The third-order valence-electron chi connectivity index (χ3n) is 2.41. The van der Waals surface area contributed by atoms with E-state index in [2.05, 4.69) is 27.3 Å². The number of hydrogen-bond donors (Lipinski definition) is 2. The van der Waals surface area contributed by atoms with Crippen LogP contribution in [0.4, 0.5) is 17.1 Å². The number of nitrogens with one attached hydrogen (secondary N) is 1. The summed E-state index contributed by atoms with van der Waals surface area (Å²) in [5.41, 5.74) is 8.18. The van der Waals surface area contributed by atoms with Gasteiger partial charge in [0.2, 0.25) is 0 Å². The van der Waals surface area contributed by atoms with Gasteiger partial charge in [-0.25, -0.2) is 0 Å². The molecular formula is C13H9BrClN3. The highest BCUT2D eigenvalue weighted by atomic mass is 79.9. The summed E-state index contributed by atoms with van der Waals surface area (Å²) in [5.74, 6) is 0. The number of para-hydroxylation sites is 1. The van der Waals surface area contributed by atoms with E-state index in [0.717, 1.165) is 4.47 Å². The molecule has 2 aromatic rings. The van der Waals surface area contributed by atoms with Crippen LogP contribution < -0.4 is 11.1 Å². The third-order valence-corrected chi connectivity index (χ3v) is 3.22. The lowest BCUT2D eigenvalue weighted by molar-refractivity contribution is 1.45. The first-order valence-corrected chi connectivity index (χ1v) is 6.29. The van der Waals surface area contributed by atoms with E-state index < -0.39 is 0 Å². The normalized spacial score (nSPS) is 9.83. The number of anilines is 3. The van der Waals surface area contributed by atoms with Crippen molar-refractivity contribution >= 4 is 44.6 Å². The van der Waals surface area contributed by atoms with Crippen LogP contribution in [0.2, 0.25) is 5.02 Å². The van der Waals surface area contributed by atoms with E-state index in [1.807, 2.05) is 0 Å². The lowest BCUT2D eigenvalue weighted by atomic mass is 10.2. The van der Waals surface area contributed by atoms with Gasteiger partial charge < -0.3 is 11.1 Å². The number of nitriles is 1. The SMILES string of the molecule is N#Cc1ccc(Br)cc1Nc1c(N)cccc1Cl. The van der Waals surface area contributed by atoms with Crippen LogP contribution in [0.25, 0.3) is 0 Å². The molecule has 0 aromatic heterocycles. The minimum absolute atomic E-state index is 0.513. The molecule has 5 heteroatoms. The Morgan fingerprint density at radius 3 is 2.72 bits per heavy atom. The van der Waals surface area contributed by atoms with Gasteiger partial charge in [-0.15, -0.1) is 0 Å². The van der Waals surface area contributed by atoms with Gasteiger partial charge in [0.25, 0.3) is 0 Å². The number of nitrogens with two attached hydrogens (primary N) is 1. The van der Waals surface area contributed by atoms with E-state index in [1.54, 1.807) is 36.4 Å². The molecule has 0 aliphatic heterocycles. The van der Waals surface area contributed by atoms with Gasteiger partial charge >= 0.3 is 0 Å². The Morgan fingerprint density at radius 1 is 1.28 bits per heavy atom. The lowest BCUT2D eigenvalue weighted by Crippen LogP contribution is -1.98. The number of hydrogen-bond acceptors (Lipinski definition) is 3. The van der Waals surface area contributed by atoms with Gasteiger partial charge in [-0.05, 0) is 30.3 Å². The lowest BCUT2D eigenvalue weighted by Gasteiger charge is -2.12. The van der Waals surface area contributed by atoms with Gasteiger partial charge in [0.05, 0.1) is 27.6 Å². The van der Waals surface area contributed by atoms with Crippen LogP contribution in [0.15, 0.2) is 40.9 Å². The number of benzene rings is 2. The summed E-state index contributed by atoms with van der Waals surface area (Å²) in [5, 5.41) is 12.7. The minimum Gasteiger partial charge on any atom is -0.397 e. The Labute approximate surface area is 118 Å². The Kier molecular flexibility index (Phi) is 3.75. The first-order chi connectivity index (χ1) is 8.61. The molecule has 3 N–H and O–H groups in total. The molecule has 2 aromatic carbocycles. The molecule has 0 unspecified atom stereocenters. The molecule has 2 rings (SSSR count). The topological polar surface area (TPSA) is 61.8 Å². The summed E-state index contributed by atoms with van der Waals surface area (Å²) in [6.45, 7) is 0. The fourth-order valence-corrected chi connectivity index (χ4v) is 2.11. The average molecular weight is 323 g/mol. The smallest absolute Gasteiger partial charge is 0.101 e. The minimum atomic E-state index is 0.513. The zero-order chi connectivity index (χ0) is 13.1. The highest BCUT2D eigenvalue weighted by Crippen LogP contribution is 2.33. The van der Waals surface area contributed by atoms with Crippen molar-refractivity contribution in [3.05, 3.63) is 51.5 Å². The average Bonchev–Trinajstić information content (AvgIpc) is 2.34. The summed E-state index contributed by atoms with van der Waals surface area (Å²) in [6, 6.07) is 12.7. The van der Waals surface area contributed by atoms with Crippen molar-refractivity contribution in [2.75, 3.05) is 11.1 Å². The largest absolute Gasteiger partial charge is 0.397 e. The van der Waals surface area contributed by atoms with Crippen molar-refractivity contribution in [1.29, 1.82) is 5.26 Å². The molecule has 0 bridgehead atoms. The maximum Gasteiger partial charge on any atom is 0.101 e. The maximum absolute atomic E-state index is 9.06. The molecule has 0 saturated carbocycles. The summed E-state index contributed by atoms with van der Waals surface area (Å²) >= 11 is 9.44. The molecule has 0 fully saturated rings. The van der Waals surface area contributed by atoms with E-state index in [9.17, 15) is 0 Å². The van der Waals surface area contributed by atoms with E-state index >= 15 is 0 Å². The number of halogens is 2.